The molecule has 0 saturated carbocycles. The highest BCUT2D eigenvalue weighted by atomic mass is 31.0. The molecule has 1 N–H and O–H groups in total. The molecular formula is C14H28NP. The van der Waals surface area contributed by atoms with Crippen LogP contribution in [0.4, 0.5) is 0 Å². The second-order valence-electron chi connectivity index (χ2n) is 4.27. The van der Waals surface area contributed by atoms with Gasteiger partial charge in [0, 0.05) is 12.2 Å². The molecule has 1 unspecified atom stereocenters. The second-order valence-corrected chi connectivity index (χ2v) is 4.85. The zero-order chi connectivity index (χ0) is 12.1. The summed E-state index contributed by atoms with van der Waals surface area (Å²) < 4.78 is 0. The minimum Gasteiger partial charge on any atom is -0.389 e. The van der Waals surface area contributed by atoms with Gasteiger partial charge in [0.25, 0.3) is 0 Å². The van der Waals surface area contributed by atoms with Gasteiger partial charge in [-0.25, -0.2) is 0 Å². The first-order valence-corrected chi connectivity index (χ1v) is 7.35. The van der Waals surface area contributed by atoms with Crippen LogP contribution in [0.5, 0.6) is 0 Å². The summed E-state index contributed by atoms with van der Waals surface area (Å²) in [4.78, 5) is 0. The van der Waals surface area contributed by atoms with Crippen molar-refractivity contribution in [2.75, 3.05) is 12.7 Å². The largest absolute Gasteiger partial charge is 0.389 e. The van der Waals surface area contributed by atoms with E-state index in [2.05, 4.69) is 27.7 Å². The summed E-state index contributed by atoms with van der Waals surface area (Å²) in [5.41, 5.74) is 1.22. The van der Waals surface area contributed by atoms with E-state index in [1.165, 1.54) is 50.4 Å². The lowest BCUT2D eigenvalue weighted by Gasteiger charge is -2.08. The third-order valence-electron chi connectivity index (χ3n) is 2.64. The predicted octanol–water partition coefficient (Wildman–Crippen LogP) is 4.27. The molecule has 0 aliphatic rings. The lowest BCUT2D eigenvalue weighted by molar-refractivity contribution is 0.617. The van der Waals surface area contributed by atoms with Crippen LogP contribution in [0.25, 0.3) is 0 Å². The fraction of sp³-hybridized carbons (Fsp3) is 0.714. The number of allylic oxidation sites excluding steroid dienone is 2. The number of rotatable bonds is 12. The summed E-state index contributed by atoms with van der Waals surface area (Å²) in [6.45, 7) is 8.87. The normalized spacial score (nSPS) is 10.1. The monoisotopic (exact) mass is 241 g/mol. The maximum atomic E-state index is 4.05. The van der Waals surface area contributed by atoms with E-state index in [9.17, 15) is 0 Å². The quantitative estimate of drug-likeness (QED) is 0.305. The molecule has 0 aliphatic carbocycles. The zero-order valence-electron chi connectivity index (χ0n) is 10.6. The van der Waals surface area contributed by atoms with Gasteiger partial charge in [-0.15, -0.1) is 15.8 Å². The Balaban J connectivity index is 3.14. The van der Waals surface area contributed by atoms with E-state index in [1.807, 2.05) is 6.08 Å². The first kappa shape index (κ1) is 15.7. The molecule has 0 radical (unpaired) electrons. The second kappa shape index (κ2) is 12.8. The summed E-state index contributed by atoms with van der Waals surface area (Å²) in [7, 11) is 2.77. The Morgan fingerprint density at radius 1 is 1.06 bits per heavy atom. The van der Waals surface area contributed by atoms with E-state index in [0.717, 1.165) is 19.4 Å². The van der Waals surface area contributed by atoms with Crippen LogP contribution < -0.4 is 5.32 Å². The number of hydrogen-bond donors (Lipinski definition) is 1. The molecule has 0 rings (SSSR count). The Kier molecular flexibility index (Phi) is 12.5. The van der Waals surface area contributed by atoms with Crippen LogP contribution in [0, 0.1) is 0 Å². The Hall–Kier alpha value is -0.290. The number of hydrogen-bond acceptors (Lipinski definition) is 1. The number of unbranched alkanes of at least 4 members (excludes halogenated alkanes) is 5. The Morgan fingerprint density at radius 2 is 1.81 bits per heavy atom. The highest BCUT2D eigenvalue weighted by Crippen LogP contribution is 2.08. The molecule has 0 spiro atoms. The molecule has 1 atom stereocenters. The van der Waals surface area contributed by atoms with Crippen molar-refractivity contribution in [2.45, 2.75) is 51.4 Å². The van der Waals surface area contributed by atoms with Crippen molar-refractivity contribution in [3.8, 4) is 0 Å². The van der Waals surface area contributed by atoms with Crippen molar-refractivity contribution in [3.63, 3.8) is 0 Å². The van der Waals surface area contributed by atoms with Crippen LogP contribution in [-0.2, 0) is 0 Å². The van der Waals surface area contributed by atoms with Crippen molar-refractivity contribution >= 4 is 9.24 Å². The highest BCUT2D eigenvalue weighted by Gasteiger charge is 1.94. The van der Waals surface area contributed by atoms with Crippen LogP contribution in [-0.4, -0.2) is 12.7 Å². The van der Waals surface area contributed by atoms with Crippen molar-refractivity contribution in [1.82, 2.24) is 5.32 Å². The van der Waals surface area contributed by atoms with E-state index >= 15 is 0 Å². The summed E-state index contributed by atoms with van der Waals surface area (Å²) in [5.74, 6) is 0. The SMILES string of the molecule is C=CCCCCCCC(=C)NCCCCP. The Morgan fingerprint density at radius 3 is 2.50 bits per heavy atom. The maximum absolute atomic E-state index is 4.05. The average molecular weight is 241 g/mol. The summed E-state index contributed by atoms with van der Waals surface area (Å²) in [6, 6.07) is 0. The minimum atomic E-state index is 1.09. The average Bonchev–Trinajstić information content (AvgIpc) is 2.29. The Labute approximate surface area is 104 Å². The summed E-state index contributed by atoms with van der Waals surface area (Å²) in [5, 5.41) is 3.40. The minimum absolute atomic E-state index is 1.09. The van der Waals surface area contributed by atoms with Gasteiger partial charge in [0.05, 0.1) is 0 Å². The van der Waals surface area contributed by atoms with Gasteiger partial charge in [0.15, 0.2) is 0 Å². The fourth-order valence-corrected chi connectivity index (χ4v) is 1.89. The van der Waals surface area contributed by atoms with E-state index in [4.69, 9.17) is 0 Å². The van der Waals surface area contributed by atoms with Crippen LogP contribution in [0.2, 0.25) is 0 Å². The lowest BCUT2D eigenvalue weighted by atomic mass is 10.1. The third kappa shape index (κ3) is 11.8. The van der Waals surface area contributed by atoms with Crippen molar-refractivity contribution in [3.05, 3.63) is 24.9 Å². The summed E-state index contributed by atoms with van der Waals surface area (Å²) in [6.07, 6.45) is 13.2. The van der Waals surface area contributed by atoms with Gasteiger partial charge in [-0.2, -0.15) is 0 Å². The standard InChI is InChI=1S/C14H28NP/c1-3-4-5-6-7-8-11-14(2)15-12-9-10-13-16/h3,15H,1-2,4-13,16H2. The Bertz CT molecular complexity index is 178. The third-order valence-corrected chi connectivity index (χ3v) is 3.05. The van der Waals surface area contributed by atoms with Gasteiger partial charge in [-0.1, -0.05) is 25.5 Å². The fourth-order valence-electron chi connectivity index (χ4n) is 1.60. The van der Waals surface area contributed by atoms with Crippen LogP contribution in [0.1, 0.15) is 51.4 Å². The highest BCUT2D eigenvalue weighted by molar-refractivity contribution is 7.16. The number of nitrogens with one attached hydrogen (secondary N) is 1. The van der Waals surface area contributed by atoms with Crippen molar-refractivity contribution in [2.24, 2.45) is 0 Å². The molecule has 0 amide bonds. The van der Waals surface area contributed by atoms with Gasteiger partial charge in [0.2, 0.25) is 0 Å². The molecular weight excluding hydrogens is 213 g/mol. The molecule has 16 heavy (non-hydrogen) atoms. The molecule has 0 aromatic heterocycles. The van der Waals surface area contributed by atoms with E-state index in [0.29, 0.717) is 0 Å². The molecule has 1 nitrogen and oxygen atoms in total. The molecule has 0 aliphatic heterocycles. The van der Waals surface area contributed by atoms with Crippen molar-refractivity contribution in [1.29, 1.82) is 0 Å². The molecule has 94 valence electrons. The van der Waals surface area contributed by atoms with E-state index < -0.39 is 0 Å². The smallest absolute Gasteiger partial charge is 0.0143 e. The lowest BCUT2D eigenvalue weighted by Crippen LogP contribution is -2.13. The van der Waals surface area contributed by atoms with E-state index in [1.54, 1.807) is 0 Å². The van der Waals surface area contributed by atoms with Gasteiger partial charge in [0.1, 0.15) is 0 Å². The van der Waals surface area contributed by atoms with Gasteiger partial charge in [-0.3, -0.25) is 0 Å². The molecule has 0 saturated heterocycles. The first-order chi connectivity index (χ1) is 7.81. The molecule has 0 heterocycles. The maximum Gasteiger partial charge on any atom is 0.0143 e. The first-order valence-electron chi connectivity index (χ1n) is 6.54. The van der Waals surface area contributed by atoms with Gasteiger partial charge >= 0.3 is 0 Å². The van der Waals surface area contributed by atoms with E-state index in [-0.39, 0.29) is 0 Å². The topological polar surface area (TPSA) is 12.0 Å². The molecule has 0 aromatic rings. The van der Waals surface area contributed by atoms with Gasteiger partial charge < -0.3 is 5.32 Å². The summed E-state index contributed by atoms with van der Waals surface area (Å²) >= 11 is 0. The molecule has 0 aromatic carbocycles. The van der Waals surface area contributed by atoms with Gasteiger partial charge in [-0.05, 0) is 44.7 Å². The van der Waals surface area contributed by atoms with Crippen LogP contribution in [0.15, 0.2) is 24.9 Å². The van der Waals surface area contributed by atoms with Crippen molar-refractivity contribution < 1.29 is 0 Å². The van der Waals surface area contributed by atoms with Crippen LogP contribution >= 0.6 is 9.24 Å². The molecule has 0 bridgehead atoms. The zero-order valence-corrected chi connectivity index (χ0v) is 11.8. The molecule has 2 heteroatoms. The van der Waals surface area contributed by atoms with Crippen LogP contribution in [0.3, 0.4) is 0 Å². The molecule has 0 fully saturated rings. The predicted molar refractivity (Wildman–Crippen MR) is 78.9 cm³/mol.